The lowest BCUT2D eigenvalue weighted by Crippen LogP contribution is -2.74. The summed E-state index contributed by atoms with van der Waals surface area (Å²) >= 11 is 0. The SMILES string of the molecule is c1ccc([Si](c2ccccc2)(c2ccccc2)c2ccc(-c3cc4c5c(c3)-c3ccccc3OB5c3cc(-n5c6ccccc6c6ccccc65)ccc3O4)cc2)cc1. The number of benzene rings is 9. The fourth-order valence-electron chi connectivity index (χ4n) is 9.84. The van der Waals surface area contributed by atoms with Gasteiger partial charge in [0.15, 0.2) is 8.07 Å². The second kappa shape index (κ2) is 13.4. The number of fused-ring (bicyclic) bond motifs is 7. The van der Waals surface area contributed by atoms with Gasteiger partial charge in [0.2, 0.25) is 0 Å². The maximum atomic E-state index is 6.95. The summed E-state index contributed by atoms with van der Waals surface area (Å²) in [4.78, 5) is 0. The van der Waals surface area contributed by atoms with Crippen LogP contribution in [0.1, 0.15) is 0 Å². The molecule has 0 radical (unpaired) electrons. The van der Waals surface area contributed by atoms with Crippen molar-refractivity contribution in [1.82, 2.24) is 4.57 Å². The van der Waals surface area contributed by atoms with E-state index in [2.05, 4.69) is 223 Å². The Morgan fingerprint density at radius 3 is 1.56 bits per heavy atom. The topological polar surface area (TPSA) is 23.4 Å². The van der Waals surface area contributed by atoms with Gasteiger partial charge in [-0.2, -0.15) is 0 Å². The number of hydrogen-bond acceptors (Lipinski definition) is 2. The average molecular weight is 770 g/mol. The van der Waals surface area contributed by atoms with E-state index in [9.17, 15) is 0 Å². The van der Waals surface area contributed by atoms with Gasteiger partial charge in [-0.05, 0) is 86.0 Å². The summed E-state index contributed by atoms with van der Waals surface area (Å²) < 4.78 is 16.2. The monoisotopic (exact) mass is 769 g/mol. The Morgan fingerprint density at radius 1 is 0.390 bits per heavy atom. The van der Waals surface area contributed by atoms with Gasteiger partial charge in [0.05, 0.1) is 11.0 Å². The molecule has 0 fully saturated rings. The van der Waals surface area contributed by atoms with Crippen LogP contribution in [0.3, 0.4) is 0 Å². The molecule has 2 aliphatic heterocycles. The van der Waals surface area contributed by atoms with E-state index in [0.717, 1.165) is 56.1 Å². The molecule has 0 saturated heterocycles. The van der Waals surface area contributed by atoms with Gasteiger partial charge in [0, 0.05) is 32.9 Å². The summed E-state index contributed by atoms with van der Waals surface area (Å²) in [6, 6.07) is 79.4. The zero-order valence-electron chi connectivity index (χ0n) is 32.1. The lowest BCUT2D eigenvalue weighted by atomic mass is 9.50. The predicted molar refractivity (Wildman–Crippen MR) is 247 cm³/mol. The highest BCUT2D eigenvalue weighted by molar-refractivity contribution is 7.19. The normalized spacial score (nSPS) is 12.6. The van der Waals surface area contributed by atoms with Crippen LogP contribution in [0.25, 0.3) is 49.7 Å². The second-order valence-electron chi connectivity index (χ2n) is 15.5. The summed E-state index contributed by atoms with van der Waals surface area (Å²) in [6.45, 7) is -0.322. The molecule has 0 N–H and O–H groups in total. The van der Waals surface area contributed by atoms with E-state index in [1.807, 2.05) is 0 Å². The molecule has 0 bridgehead atoms. The Morgan fingerprint density at radius 2 is 0.932 bits per heavy atom. The molecule has 2 aliphatic rings. The molecule has 1 aromatic heterocycles. The van der Waals surface area contributed by atoms with E-state index in [-0.39, 0.29) is 6.92 Å². The zero-order chi connectivity index (χ0) is 38.9. The van der Waals surface area contributed by atoms with E-state index >= 15 is 0 Å². The van der Waals surface area contributed by atoms with Gasteiger partial charge in [-0.25, -0.2) is 0 Å². The minimum absolute atomic E-state index is 0.322. The smallest absolute Gasteiger partial charge is 0.434 e. The minimum Gasteiger partial charge on any atom is -0.551 e. The Bertz CT molecular complexity index is 3070. The van der Waals surface area contributed by atoms with Crippen LogP contribution in [0.4, 0.5) is 0 Å². The molecule has 0 amide bonds. The quantitative estimate of drug-likeness (QED) is 0.125. The van der Waals surface area contributed by atoms with E-state index in [1.54, 1.807) is 0 Å². The van der Waals surface area contributed by atoms with E-state index in [0.29, 0.717) is 0 Å². The van der Waals surface area contributed by atoms with Crippen molar-refractivity contribution in [2.75, 3.05) is 0 Å². The molecular formula is C54H36BNO2Si. The van der Waals surface area contributed by atoms with Crippen LogP contribution in [0, 0.1) is 0 Å². The van der Waals surface area contributed by atoms with Crippen molar-refractivity contribution in [3.8, 4) is 45.2 Å². The van der Waals surface area contributed by atoms with Crippen molar-refractivity contribution in [3.05, 3.63) is 218 Å². The first kappa shape index (κ1) is 33.8. The molecule has 5 heteroatoms. The van der Waals surface area contributed by atoms with Gasteiger partial charge in [-0.15, -0.1) is 0 Å². The first-order valence-corrected chi connectivity index (χ1v) is 22.3. The van der Waals surface area contributed by atoms with Crippen molar-refractivity contribution in [2.45, 2.75) is 0 Å². The molecule has 0 unspecified atom stereocenters. The molecule has 12 rings (SSSR count). The fraction of sp³-hybridized carbons (Fsp3) is 0. The van der Waals surface area contributed by atoms with Crippen molar-refractivity contribution < 1.29 is 9.39 Å². The van der Waals surface area contributed by atoms with Gasteiger partial charge >= 0.3 is 6.92 Å². The first-order chi connectivity index (χ1) is 29.3. The third-order valence-corrected chi connectivity index (χ3v) is 17.2. The molecule has 0 atom stereocenters. The van der Waals surface area contributed by atoms with Crippen LogP contribution in [0.2, 0.25) is 0 Å². The predicted octanol–water partition coefficient (Wildman–Crippen LogP) is 9.10. The molecule has 276 valence electrons. The van der Waals surface area contributed by atoms with Gasteiger partial charge < -0.3 is 14.0 Å². The standard InChI is InChI=1S/C54H36BNO2Si/c1-4-16-40(17-5-1)59(41-18-6-2-7-19-41,42-20-8-3-9-21-42)43-31-28-37(29-32-43)38-34-47-46-24-12-15-27-51(46)58-55-48-36-39(30-33-52(48)57-53(35-38)54(47)55)56-49-25-13-10-22-44(49)45-23-11-14-26-50(45)56/h1-36H. The summed E-state index contributed by atoms with van der Waals surface area (Å²) in [5.41, 5.74) is 9.99. The number of ether oxygens (including phenoxy) is 1. The number of para-hydroxylation sites is 3. The average Bonchev–Trinajstić information content (AvgIpc) is 3.65. The highest BCUT2D eigenvalue weighted by atomic mass is 28.3. The third kappa shape index (κ3) is 5.15. The van der Waals surface area contributed by atoms with Crippen LogP contribution in [0.5, 0.6) is 17.2 Å². The fourth-order valence-corrected chi connectivity index (χ4v) is 14.6. The Balaban J connectivity index is 0.999. The maximum Gasteiger partial charge on any atom is 0.434 e. The molecule has 0 spiro atoms. The molecule has 10 aromatic rings. The van der Waals surface area contributed by atoms with E-state index in [4.69, 9.17) is 9.39 Å². The molecule has 3 heterocycles. The zero-order valence-corrected chi connectivity index (χ0v) is 33.1. The molecular weight excluding hydrogens is 733 g/mol. The van der Waals surface area contributed by atoms with Crippen molar-refractivity contribution in [3.63, 3.8) is 0 Å². The van der Waals surface area contributed by atoms with Crippen LogP contribution >= 0.6 is 0 Å². The molecule has 59 heavy (non-hydrogen) atoms. The van der Waals surface area contributed by atoms with Crippen LogP contribution < -0.4 is 41.1 Å². The van der Waals surface area contributed by atoms with Crippen molar-refractivity contribution in [1.29, 1.82) is 0 Å². The number of hydrogen-bond donors (Lipinski definition) is 0. The van der Waals surface area contributed by atoms with Crippen molar-refractivity contribution >= 4 is 68.5 Å². The highest BCUT2D eigenvalue weighted by Crippen LogP contribution is 2.42. The van der Waals surface area contributed by atoms with E-state index < -0.39 is 8.07 Å². The summed E-state index contributed by atoms with van der Waals surface area (Å²) in [6.07, 6.45) is 0. The van der Waals surface area contributed by atoms with Gasteiger partial charge in [-0.3, -0.25) is 0 Å². The highest BCUT2D eigenvalue weighted by Gasteiger charge is 2.43. The molecule has 0 aliphatic carbocycles. The second-order valence-corrected chi connectivity index (χ2v) is 19.4. The van der Waals surface area contributed by atoms with Crippen LogP contribution in [-0.4, -0.2) is 19.6 Å². The Labute approximate surface area is 344 Å². The van der Waals surface area contributed by atoms with E-state index in [1.165, 1.54) is 42.6 Å². The lowest BCUT2D eigenvalue weighted by molar-refractivity contribution is 0.479. The molecule has 9 aromatic carbocycles. The maximum absolute atomic E-state index is 6.95. The number of aromatic nitrogens is 1. The third-order valence-electron chi connectivity index (χ3n) is 12.4. The number of rotatable bonds is 6. The van der Waals surface area contributed by atoms with Gasteiger partial charge in [0.25, 0.3) is 0 Å². The lowest BCUT2D eigenvalue weighted by Gasteiger charge is -2.34. The Kier molecular flexibility index (Phi) is 7.65. The summed E-state index contributed by atoms with van der Waals surface area (Å²) in [5.74, 6) is 2.52. The summed E-state index contributed by atoms with van der Waals surface area (Å²) in [7, 11) is -2.65. The molecule has 0 saturated carbocycles. The van der Waals surface area contributed by atoms with Crippen LogP contribution in [0.15, 0.2) is 218 Å². The van der Waals surface area contributed by atoms with Gasteiger partial charge in [-0.1, -0.05) is 170 Å². The Hall–Kier alpha value is -7.34. The van der Waals surface area contributed by atoms with Crippen LogP contribution in [-0.2, 0) is 0 Å². The largest absolute Gasteiger partial charge is 0.551 e. The summed E-state index contributed by atoms with van der Waals surface area (Å²) in [5, 5.41) is 7.90. The first-order valence-electron chi connectivity index (χ1n) is 20.3. The van der Waals surface area contributed by atoms with Gasteiger partial charge in [0.1, 0.15) is 17.2 Å². The number of nitrogens with zero attached hydrogens (tertiary/aromatic N) is 1. The minimum atomic E-state index is -2.65. The molecule has 3 nitrogen and oxygen atoms in total. The van der Waals surface area contributed by atoms with Crippen molar-refractivity contribution in [2.24, 2.45) is 0 Å².